The van der Waals surface area contributed by atoms with Crippen LogP contribution in [0.2, 0.25) is 0 Å². The standard InChI is InChI=1S/C64H124O17P2/c1-6-9-12-15-17-19-20-21-22-23-24-25-26-27-28-29-30-34-40-45-50-64(69)81-60(54-75-62(67)48-43-38-35-31-32-37-41-46-57(4)5)56-79-83(72,73)77-52-58(65)51-76-82(70,71)78-55-59(53-74-61(66)47-42-36-14-11-8-3)80-63(68)49-44-39-33-18-16-13-10-7-2/h57-60,65H,6-56H2,1-5H3,(H,70,71)(H,72,73)/t58-,59+,60+/m0/s1. The fourth-order valence-corrected chi connectivity index (χ4v) is 11.2. The zero-order chi connectivity index (χ0) is 61.3. The molecule has 0 saturated heterocycles. The Morgan fingerprint density at radius 1 is 0.325 bits per heavy atom. The second-order valence-corrected chi connectivity index (χ2v) is 26.5. The minimum atomic E-state index is -4.94. The average Bonchev–Trinajstić information content (AvgIpc) is 3.49. The molecular weight excluding hydrogens is 1100 g/mol. The van der Waals surface area contributed by atoms with E-state index < -0.39 is 97.5 Å². The lowest BCUT2D eigenvalue weighted by molar-refractivity contribution is -0.161. The molecule has 0 aromatic carbocycles. The molecule has 0 rings (SSSR count). The molecule has 0 fully saturated rings. The molecule has 492 valence electrons. The topological polar surface area (TPSA) is 237 Å². The van der Waals surface area contributed by atoms with Crippen molar-refractivity contribution in [1.29, 1.82) is 0 Å². The van der Waals surface area contributed by atoms with Gasteiger partial charge in [0.2, 0.25) is 0 Å². The molecular formula is C64H124O17P2. The summed E-state index contributed by atoms with van der Waals surface area (Å²) < 4.78 is 67.7. The van der Waals surface area contributed by atoms with Gasteiger partial charge in [-0.05, 0) is 31.6 Å². The highest BCUT2D eigenvalue weighted by atomic mass is 31.2. The fourth-order valence-electron chi connectivity index (χ4n) is 9.58. The minimum Gasteiger partial charge on any atom is -0.462 e. The van der Waals surface area contributed by atoms with Gasteiger partial charge in [0.25, 0.3) is 0 Å². The number of phosphoric acid groups is 2. The van der Waals surface area contributed by atoms with Crippen LogP contribution in [0.25, 0.3) is 0 Å². The van der Waals surface area contributed by atoms with E-state index in [9.17, 15) is 43.2 Å². The van der Waals surface area contributed by atoms with Crippen molar-refractivity contribution in [3.8, 4) is 0 Å². The summed E-state index contributed by atoms with van der Waals surface area (Å²) in [4.78, 5) is 71.8. The molecule has 0 radical (unpaired) electrons. The Hall–Kier alpha value is -1.94. The van der Waals surface area contributed by atoms with Gasteiger partial charge in [-0.15, -0.1) is 0 Å². The summed E-state index contributed by atoms with van der Waals surface area (Å²) in [5.41, 5.74) is 0. The SMILES string of the molecule is CCCCCCCCCCCCCCCCCCCCCCC(=O)O[C@H](COC(=O)CCCCCCCCCC(C)C)COP(=O)(O)OC[C@@H](O)COP(=O)(O)OC[C@@H](COC(=O)CCCCCCC)OC(=O)CCCCCCCCCC. The Kier molecular flexibility index (Phi) is 56.4. The number of ether oxygens (including phenoxy) is 4. The Balaban J connectivity index is 5.07. The molecule has 0 aromatic rings. The maximum Gasteiger partial charge on any atom is 0.472 e. The monoisotopic (exact) mass is 1230 g/mol. The number of carbonyl (C=O) groups is 4. The van der Waals surface area contributed by atoms with E-state index >= 15 is 0 Å². The lowest BCUT2D eigenvalue weighted by Crippen LogP contribution is -2.30. The predicted molar refractivity (Wildman–Crippen MR) is 331 cm³/mol. The van der Waals surface area contributed by atoms with Gasteiger partial charge in [-0.2, -0.15) is 0 Å². The molecule has 0 spiro atoms. The first-order chi connectivity index (χ1) is 40.0. The molecule has 0 aliphatic heterocycles. The summed E-state index contributed by atoms with van der Waals surface area (Å²) in [5.74, 6) is -1.44. The molecule has 17 nitrogen and oxygen atoms in total. The van der Waals surface area contributed by atoms with Crippen molar-refractivity contribution in [1.82, 2.24) is 0 Å². The maximum atomic E-state index is 13.0. The number of aliphatic hydroxyl groups excluding tert-OH is 1. The third kappa shape index (κ3) is 58.8. The first-order valence-electron chi connectivity index (χ1n) is 33.6. The lowest BCUT2D eigenvalue weighted by atomic mass is 10.0. The maximum absolute atomic E-state index is 13.0. The van der Waals surface area contributed by atoms with E-state index in [0.29, 0.717) is 31.6 Å². The number of hydrogen-bond donors (Lipinski definition) is 3. The van der Waals surface area contributed by atoms with E-state index in [1.165, 1.54) is 128 Å². The zero-order valence-electron chi connectivity index (χ0n) is 53.3. The highest BCUT2D eigenvalue weighted by Gasteiger charge is 2.30. The van der Waals surface area contributed by atoms with Crippen LogP contribution in [-0.4, -0.2) is 96.7 Å². The van der Waals surface area contributed by atoms with Crippen molar-refractivity contribution in [2.24, 2.45) is 5.92 Å². The van der Waals surface area contributed by atoms with E-state index in [1.54, 1.807) is 0 Å². The molecule has 2 unspecified atom stereocenters. The summed E-state index contributed by atoms with van der Waals surface area (Å²) in [5, 5.41) is 10.5. The highest BCUT2D eigenvalue weighted by Crippen LogP contribution is 2.45. The molecule has 19 heteroatoms. The molecule has 83 heavy (non-hydrogen) atoms. The van der Waals surface area contributed by atoms with Crippen LogP contribution < -0.4 is 0 Å². The average molecular weight is 1230 g/mol. The Morgan fingerprint density at radius 2 is 0.554 bits per heavy atom. The zero-order valence-corrected chi connectivity index (χ0v) is 55.1. The Bertz CT molecular complexity index is 1620. The molecule has 0 heterocycles. The van der Waals surface area contributed by atoms with Crippen molar-refractivity contribution >= 4 is 39.5 Å². The molecule has 5 atom stereocenters. The summed E-state index contributed by atoms with van der Waals surface area (Å²) in [7, 11) is -9.87. The lowest BCUT2D eigenvalue weighted by Gasteiger charge is -2.21. The van der Waals surface area contributed by atoms with E-state index in [0.717, 1.165) is 109 Å². The minimum absolute atomic E-state index is 0.104. The van der Waals surface area contributed by atoms with Gasteiger partial charge < -0.3 is 33.8 Å². The number of unbranched alkanes of at least 4 members (excludes halogenated alkanes) is 36. The summed E-state index contributed by atoms with van der Waals surface area (Å²) in [6.45, 7) is 7.02. The molecule has 3 N–H and O–H groups in total. The normalized spacial score (nSPS) is 14.2. The number of esters is 4. The van der Waals surface area contributed by atoms with Gasteiger partial charge in [-0.1, -0.05) is 272 Å². The van der Waals surface area contributed by atoms with Gasteiger partial charge in [-0.3, -0.25) is 37.3 Å². The van der Waals surface area contributed by atoms with Crippen LogP contribution in [0.15, 0.2) is 0 Å². The molecule has 0 amide bonds. The summed E-state index contributed by atoms with van der Waals surface area (Å²) in [6, 6.07) is 0. The Labute approximate surface area is 505 Å². The molecule has 0 saturated carbocycles. The molecule has 0 aliphatic carbocycles. The van der Waals surface area contributed by atoms with Crippen molar-refractivity contribution in [3.05, 3.63) is 0 Å². The third-order valence-electron chi connectivity index (χ3n) is 14.8. The van der Waals surface area contributed by atoms with Crippen molar-refractivity contribution in [2.45, 2.75) is 342 Å². The molecule has 0 aliphatic rings. The van der Waals surface area contributed by atoms with Crippen LogP contribution in [0.5, 0.6) is 0 Å². The second kappa shape index (κ2) is 57.8. The van der Waals surface area contributed by atoms with E-state index in [2.05, 4.69) is 34.6 Å². The van der Waals surface area contributed by atoms with Gasteiger partial charge in [-0.25, -0.2) is 9.13 Å². The van der Waals surface area contributed by atoms with Crippen LogP contribution in [0, 0.1) is 5.92 Å². The molecule has 0 bridgehead atoms. The number of aliphatic hydroxyl groups is 1. The number of carbonyl (C=O) groups excluding carboxylic acids is 4. The number of hydrogen-bond acceptors (Lipinski definition) is 15. The van der Waals surface area contributed by atoms with Crippen LogP contribution in [0.3, 0.4) is 0 Å². The van der Waals surface area contributed by atoms with Crippen molar-refractivity contribution in [2.75, 3.05) is 39.6 Å². The molecule has 0 aromatic heterocycles. The van der Waals surface area contributed by atoms with Gasteiger partial charge in [0.05, 0.1) is 26.4 Å². The predicted octanol–water partition coefficient (Wildman–Crippen LogP) is 17.8. The van der Waals surface area contributed by atoms with Crippen LogP contribution in [-0.2, 0) is 65.4 Å². The Morgan fingerprint density at radius 3 is 0.819 bits per heavy atom. The smallest absolute Gasteiger partial charge is 0.462 e. The van der Waals surface area contributed by atoms with Crippen LogP contribution >= 0.6 is 15.6 Å². The number of phosphoric ester groups is 2. The van der Waals surface area contributed by atoms with Crippen molar-refractivity contribution < 1.29 is 80.2 Å². The van der Waals surface area contributed by atoms with E-state index in [4.69, 9.17) is 37.0 Å². The summed E-state index contributed by atoms with van der Waals surface area (Å²) in [6.07, 6.45) is 42.4. The third-order valence-corrected chi connectivity index (χ3v) is 16.7. The van der Waals surface area contributed by atoms with Crippen LogP contribution in [0.4, 0.5) is 0 Å². The first kappa shape index (κ1) is 81.1. The van der Waals surface area contributed by atoms with Gasteiger partial charge in [0.1, 0.15) is 19.3 Å². The van der Waals surface area contributed by atoms with E-state index in [1.807, 2.05) is 0 Å². The van der Waals surface area contributed by atoms with Crippen molar-refractivity contribution in [3.63, 3.8) is 0 Å². The first-order valence-corrected chi connectivity index (χ1v) is 36.6. The highest BCUT2D eigenvalue weighted by molar-refractivity contribution is 7.47. The summed E-state index contributed by atoms with van der Waals surface area (Å²) >= 11 is 0. The van der Waals surface area contributed by atoms with Gasteiger partial charge in [0, 0.05) is 25.7 Å². The van der Waals surface area contributed by atoms with Gasteiger partial charge in [0.15, 0.2) is 12.2 Å². The second-order valence-electron chi connectivity index (χ2n) is 23.6. The fraction of sp³-hybridized carbons (Fsp3) is 0.938. The number of rotatable bonds is 64. The van der Waals surface area contributed by atoms with Crippen LogP contribution in [0.1, 0.15) is 324 Å². The van der Waals surface area contributed by atoms with E-state index in [-0.39, 0.29) is 25.7 Å². The van der Waals surface area contributed by atoms with Gasteiger partial charge >= 0.3 is 39.5 Å². The quantitative estimate of drug-likeness (QED) is 0.0222. The largest absolute Gasteiger partial charge is 0.472 e.